The third-order valence-electron chi connectivity index (χ3n) is 2.31. The molecule has 0 aliphatic rings. The molecular formula is C12H13N3O3. The van der Waals surface area contributed by atoms with E-state index in [2.05, 4.69) is 10.3 Å². The molecule has 0 aliphatic carbocycles. The van der Waals surface area contributed by atoms with E-state index < -0.39 is 5.91 Å². The zero-order valence-corrected chi connectivity index (χ0v) is 9.84. The molecule has 0 bridgehead atoms. The molecule has 6 nitrogen and oxygen atoms in total. The van der Waals surface area contributed by atoms with Gasteiger partial charge in [0.1, 0.15) is 5.75 Å². The fraction of sp³-hybridized carbons (Fsp3) is 0.167. The van der Waals surface area contributed by atoms with Crippen LogP contribution in [0.3, 0.4) is 0 Å². The van der Waals surface area contributed by atoms with Crippen LogP contribution in [0, 0.1) is 0 Å². The van der Waals surface area contributed by atoms with E-state index in [-0.39, 0.29) is 12.3 Å². The lowest BCUT2D eigenvalue weighted by Gasteiger charge is -2.08. The van der Waals surface area contributed by atoms with Crippen LogP contribution in [0.1, 0.15) is 16.4 Å². The Labute approximate surface area is 104 Å². The van der Waals surface area contributed by atoms with Crippen molar-refractivity contribution in [3.8, 4) is 5.75 Å². The minimum absolute atomic E-state index is 0.112. The quantitative estimate of drug-likeness (QED) is 0.852. The molecule has 0 radical (unpaired) electrons. The number of nitrogens with one attached hydrogen (secondary N) is 1. The van der Waals surface area contributed by atoms with Gasteiger partial charge in [0, 0.05) is 0 Å². The van der Waals surface area contributed by atoms with Gasteiger partial charge in [0.15, 0.2) is 0 Å². The Hall–Kier alpha value is -2.34. The summed E-state index contributed by atoms with van der Waals surface area (Å²) in [5.74, 6) is 0.609. The van der Waals surface area contributed by atoms with Gasteiger partial charge in [-0.1, -0.05) is 12.1 Å². The number of oxazole rings is 1. The molecule has 0 spiro atoms. The van der Waals surface area contributed by atoms with Gasteiger partial charge < -0.3 is 20.2 Å². The Kier molecular flexibility index (Phi) is 3.59. The summed E-state index contributed by atoms with van der Waals surface area (Å²) in [5, 5.41) is 2.68. The molecule has 94 valence electrons. The second-order valence-electron chi connectivity index (χ2n) is 3.48. The first-order valence-electron chi connectivity index (χ1n) is 5.33. The molecule has 0 atom stereocenters. The number of aromatic nitrogens is 1. The van der Waals surface area contributed by atoms with Crippen LogP contribution in [0.5, 0.6) is 5.75 Å². The number of anilines is 1. The van der Waals surface area contributed by atoms with Crippen molar-refractivity contribution >= 4 is 11.6 Å². The van der Waals surface area contributed by atoms with Crippen LogP contribution in [0.4, 0.5) is 5.69 Å². The summed E-state index contributed by atoms with van der Waals surface area (Å²) in [4.78, 5) is 15.7. The second-order valence-corrected chi connectivity index (χ2v) is 3.48. The van der Waals surface area contributed by atoms with Crippen molar-refractivity contribution in [2.24, 2.45) is 5.73 Å². The summed E-state index contributed by atoms with van der Waals surface area (Å²) in [5.41, 5.74) is 5.92. The topological polar surface area (TPSA) is 90.4 Å². The molecule has 1 amide bonds. The summed E-state index contributed by atoms with van der Waals surface area (Å²) in [7, 11) is 1.53. The van der Waals surface area contributed by atoms with Gasteiger partial charge >= 0.3 is 0 Å². The van der Waals surface area contributed by atoms with E-state index in [0.29, 0.717) is 17.3 Å². The summed E-state index contributed by atoms with van der Waals surface area (Å²) in [6.07, 6.45) is 1.34. The zero-order valence-electron chi connectivity index (χ0n) is 9.84. The minimum Gasteiger partial charge on any atom is -0.495 e. The molecule has 1 aromatic carbocycles. The highest BCUT2D eigenvalue weighted by Crippen LogP contribution is 2.23. The van der Waals surface area contributed by atoms with Crippen molar-refractivity contribution in [2.75, 3.05) is 12.4 Å². The van der Waals surface area contributed by atoms with Gasteiger partial charge in [-0.15, -0.1) is 0 Å². The standard InChI is InChI=1S/C12H13N3O3/c1-17-9-5-3-2-4-8(9)15-12(16)10-7-14-11(6-13)18-10/h2-5,7H,6,13H2,1H3,(H,15,16). The molecule has 0 aliphatic heterocycles. The molecular weight excluding hydrogens is 234 g/mol. The van der Waals surface area contributed by atoms with Crippen molar-refractivity contribution in [3.63, 3.8) is 0 Å². The number of nitrogens with zero attached hydrogens (tertiary/aromatic N) is 1. The van der Waals surface area contributed by atoms with E-state index in [0.717, 1.165) is 0 Å². The van der Waals surface area contributed by atoms with Crippen LogP contribution in [-0.2, 0) is 6.54 Å². The number of rotatable bonds is 4. The third kappa shape index (κ3) is 2.49. The van der Waals surface area contributed by atoms with Gasteiger partial charge in [-0.2, -0.15) is 0 Å². The molecule has 0 saturated carbocycles. The number of methoxy groups -OCH3 is 1. The normalized spacial score (nSPS) is 10.1. The number of hydrogen-bond donors (Lipinski definition) is 2. The first-order valence-corrected chi connectivity index (χ1v) is 5.33. The smallest absolute Gasteiger partial charge is 0.293 e. The van der Waals surface area contributed by atoms with Crippen molar-refractivity contribution in [3.05, 3.63) is 42.1 Å². The fourth-order valence-electron chi connectivity index (χ4n) is 1.44. The largest absolute Gasteiger partial charge is 0.495 e. The van der Waals surface area contributed by atoms with E-state index in [1.807, 2.05) is 6.07 Å². The molecule has 1 heterocycles. The maximum atomic E-state index is 11.9. The molecule has 18 heavy (non-hydrogen) atoms. The Morgan fingerprint density at radius 2 is 2.28 bits per heavy atom. The summed E-state index contributed by atoms with van der Waals surface area (Å²) in [6, 6.07) is 7.09. The number of benzene rings is 1. The summed E-state index contributed by atoms with van der Waals surface area (Å²) in [6.45, 7) is 0.155. The van der Waals surface area contributed by atoms with Crippen LogP contribution < -0.4 is 15.8 Å². The lowest BCUT2D eigenvalue weighted by molar-refractivity contribution is 0.0994. The maximum absolute atomic E-state index is 11.9. The predicted octanol–water partition coefficient (Wildman–Crippen LogP) is 1.39. The molecule has 3 N–H and O–H groups in total. The monoisotopic (exact) mass is 247 g/mol. The molecule has 0 unspecified atom stereocenters. The van der Waals surface area contributed by atoms with E-state index in [1.54, 1.807) is 18.2 Å². The van der Waals surface area contributed by atoms with Crippen LogP contribution in [-0.4, -0.2) is 18.0 Å². The first-order chi connectivity index (χ1) is 8.74. The number of para-hydroxylation sites is 2. The van der Waals surface area contributed by atoms with Gasteiger partial charge in [0.05, 0.1) is 25.5 Å². The lowest BCUT2D eigenvalue weighted by Crippen LogP contribution is -2.11. The average Bonchev–Trinajstić information content (AvgIpc) is 2.88. The Morgan fingerprint density at radius 3 is 2.94 bits per heavy atom. The van der Waals surface area contributed by atoms with Crippen LogP contribution >= 0.6 is 0 Å². The van der Waals surface area contributed by atoms with Gasteiger partial charge in [0.25, 0.3) is 5.91 Å². The molecule has 0 fully saturated rings. The van der Waals surface area contributed by atoms with Crippen LogP contribution in [0.2, 0.25) is 0 Å². The summed E-state index contributed by atoms with van der Waals surface area (Å²) >= 11 is 0. The Morgan fingerprint density at radius 1 is 1.50 bits per heavy atom. The molecule has 6 heteroatoms. The van der Waals surface area contributed by atoms with Crippen molar-refractivity contribution in [2.45, 2.75) is 6.54 Å². The second kappa shape index (κ2) is 5.33. The number of carbonyl (C=O) groups excluding carboxylic acids is 1. The van der Waals surface area contributed by atoms with Crippen molar-refractivity contribution in [1.82, 2.24) is 4.98 Å². The van der Waals surface area contributed by atoms with E-state index >= 15 is 0 Å². The van der Waals surface area contributed by atoms with Gasteiger partial charge in [-0.3, -0.25) is 4.79 Å². The van der Waals surface area contributed by atoms with Gasteiger partial charge in [-0.05, 0) is 12.1 Å². The maximum Gasteiger partial charge on any atom is 0.293 e. The highest BCUT2D eigenvalue weighted by Gasteiger charge is 2.13. The number of amides is 1. The van der Waals surface area contributed by atoms with Crippen LogP contribution in [0.15, 0.2) is 34.9 Å². The molecule has 2 aromatic rings. The first kappa shape index (κ1) is 12.1. The lowest BCUT2D eigenvalue weighted by atomic mass is 10.3. The number of nitrogens with two attached hydrogens (primary N) is 1. The average molecular weight is 247 g/mol. The Bertz CT molecular complexity index is 551. The Balaban J connectivity index is 2.16. The fourth-order valence-corrected chi connectivity index (χ4v) is 1.44. The van der Waals surface area contributed by atoms with E-state index in [1.165, 1.54) is 13.3 Å². The highest BCUT2D eigenvalue weighted by atomic mass is 16.5. The number of hydrogen-bond acceptors (Lipinski definition) is 5. The van der Waals surface area contributed by atoms with Crippen molar-refractivity contribution < 1.29 is 13.9 Å². The van der Waals surface area contributed by atoms with Crippen LogP contribution in [0.25, 0.3) is 0 Å². The molecule has 2 rings (SSSR count). The minimum atomic E-state index is -0.397. The highest BCUT2D eigenvalue weighted by molar-refractivity contribution is 6.02. The van der Waals surface area contributed by atoms with E-state index in [4.69, 9.17) is 14.9 Å². The summed E-state index contributed by atoms with van der Waals surface area (Å²) < 4.78 is 10.3. The third-order valence-corrected chi connectivity index (χ3v) is 2.31. The van der Waals surface area contributed by atoms with Gasteiger partial charge in [-0.25, -0.2) is 4.98 Å². The van der Waals surface area contributed by atoms with Crippen molar-refractivity contribution in [1.29, 1.82) is 0 Å². The number of carbonyl (C=O) groups is 1. The van der Waals surface area contributed by atoms with Gasteiger partial charge in [0.2, 0.25) is 11.7 Å². The predicted molar refractivity (Wildman–Crippen MR) is 65.3 cm³/mol. The SMILES string of the molecule is COc1ccccc1NC(=O)c1cnc(CN)o1. The zero-order chi connectivity index (χ0) is 13.0. The molecule has 0 saturated heterocycles. The number of ether oxygens (including phenoxy) is 1. The molecule has 1 aromatic heterocycles. The van der Waals surface area contributed by atoms with E-state index in [9.17, 15) is 4.79 Å².